The van der Waals surface area contributed by atoms with Crippen molar-refractivity contribution >= 4 is 5.97 Å². The summed E-state index contributed by atoms with van der Waals surface area (Å²) in [6.07, 6.45) is 0. The highest BCUT2D eigenvalue weighted by molar-refractivity contribution is 5.77. The lowest BCUT2D eigenvalue weighted by molar-refractivity contribution is -0.139. The molecule has 0 aliphatic rings. The molecule has 0 saturated heterocycles. The van der Waals surface area contributed by atoms with E-state index in [2.05, 4.69) is 4.98 Å². The summed E-state index contributed by atoms with van der Waals surface area (Å²) in [4.78, 5) is 25.7. The minimum absolute atomic E-state index is 0.0585. The van der Waals surface area contributed by atoms with Gasteiger partial charge in [-0.15, -0.1) is 0 Å². The number of nitriles is 1. The third-order valence-corrected chi connectivity index (χ3v) is 4.16. The maximum absolute atomic E-state index is 12.5. The number of nitrogens with zero attached hydrogens (tertiary/aromatic N) is 1. The molecule has 29 heavy (non-hydrogen) atoms. The second-order valence-electron chi connectivity index (χ2n) is 6.01. The number of hydrogen-bond donors (Lipinski definition) is 3. The molecule has 0 saturated carbocycles. The Balaban J connectivity index is 2.05. The first-order valence-electron chi connectivity index (χ1n) is 8.42. The van der Waals surface area contributed by atoms with Crippen molar-refractivity contribution in [2.45, 2.75) is 0 Å². The number of methoxy groups -OCH3 is 1. The number of carbonyl (C=O) groups is 1. The molecule has 0 fully saturated rings. The second-order valence-corrected chi connectivity index (χ2v) is 6.01. The first-order valence-corrected chi connectivity index (χ1v) is 8.42. The SMILES string of the molecule is COc1cc(-c2cc(-c3ccc(OCC(=O)O)cc3)[nH]c(=O)c2C#N)ccc1O. The van der Waals surface area contributed by atoms with Crippen LogP contribution < -0.4 is 15.0 Å². The molecule has 2 aromatic carbocycles. The van der Waals surface area contributed by atoms with Gasteiger partial charge in [0.2, 0.25) is 0 Å². The van der Waals surface area contributed by atoms with Gasteiger partial charge in [-0.3, -0.25) is 4.79 Å². The lowest BCUT2D eigenvalue weighted by Gasteiger charge is -2.11. The Hall–Kier alpha value is -4.25. The molecule has 0 spiro atoms. The molecule has 1 aromatic heterocycles. The monoisotopic (exact) mass is 392 g/mol. The molecule has 0 atom stereocenters. The topological polar surface area (TPSA) is 133 Å². The molecule has 0 aliphatic carbocycles. The Labute approximate surface area is 165 Å². The van der Waals surface area contributed by atoms with Gasteiger partial charge in [-0.2, -0.15) is 5.26 Å². The number of phenols is 1. The van der Waals surface area contributed by atoms with Crippen LogP contribution in [0, 0.1) is 11.3 Å². The molecule has 0 radical (unpaired) electrons. The number of aromatic hydroxyl groups is 1. The van der Waals surface area contributed by atoms with E-state index in [0.717, 1.165) is 0 Å². The van der Waals surface area contributed by atoms with Crippen molar-refractivity contribution in [3.63, 3.8) is 0 Å². The van der Waals surface area contributed by atoms with Crippen LogP contribution in [0.5, 0.6) is 17.2 Å². The molecule has 146 valence electrons. The average molecular weight is 392 g/mol. The van der Waals surface area contributed by atoms with Crippen molar-refractivity contribution in [2.24, 2.45) is 0 Å². The Kier molecular flexibility index (Phi) is 5.51. The lowest BCUT2D eigenvalue weighted by Crippen LogP contribution is -2.12. The number of aromatic nitrogens is 1. The fourth-order valence-corrected chi connectivity index (χ4v) is 2.77. The zero-order valence-corrected chi connectivity index (χ0v) is 15.3. The van der Waals surface area contributed by atoms with Crippen LogP contribution >= 0.6 is 0 Å². The molecule has 0 unspecified atom stereocenters. The maximum Gasteiger partial charge on any atom is 0.341 e. The third kappa shape index (κ3) is 4.20. The Morgan fingerprint density at radius 1 is 1.14 bits per heavy atom. The fourth-order valence-electron chi connectivity index (χ4n) is 2.77. The van der Waals surface area contributed by atoms with Crippen LogP contribution in [0.4, 0.5) is 0 Å². The van der Waals surface area contributed by atoms with E-state index >= 15 is 0 Å². The summed E-state index contributed by atoms with van der Waals surface area (Å²) in [5.41, 5.74) is 1.39. The van der Waals surface area contributed by atoms with Crippen molar-refractivity contribution in [1.82, 2.24) is 4.98 Å². The molecule has 8 heteroatoms. The van der Waals surface area contributed by atoms with Crippen molar-refractivity contribution in [3.05, 3.63) is 64.4 Å². The number of phenolic OH excluding ortho intramolecular Hbond substituents is 1. The fraction of sp³-hybridized carbons (Fsp3) is 0.0952. The summed E-state index contributed by atoms with van der Waals surface area (Å²) in [6, 6.07) is 14.6. The standard InChI is InChI=1S/C21H16N2O6/c1-28-19-8-13(4-7-18(19)24)15-9-17(23-21(27)16(15)10-22)12-2-5-14(6-3-12)29-11-20(25)26/h2-9,24H,11H2,1H3,(H,23,27)(H,25,26). The van der Waals surface area contributed by atoms with Crippen LogP contribution in [-0.2, 0) is 4.79 Å². The maximum atomic E-state index is 12.5. The number of ether oxygens (including phenoxy) is 2. The summed E-state index contributed by atoms with van der Waals surface area (Å²) in [6.45, 7) is -0.458. The third-order valence-electron chi connectivity index (χ3n) is 4.16. The zero-order chi connectivity index (χ0) is 21.0. The van der Waals surface area contributed by atoms with Gasteiger partial charge in [-0.05, 0) is 53.6 Å². The summed E-state index contributed by atoms with van der Waals surface area (Å²) in [7, 11) is 1.40. The second kappa shape index (κ2) is 8.19. The molecule has 1 heterocycles. The highest BCUT2D eigenvalue weighted by Crippen LogP contribution is 2.33. The van der Waals surface area contributed by atoms with Crippen LogP contribution in [-0.4, -0.2) is 34.9 Å². The number of carboxylic acid groups (broad SMARTS) is 1. The van der Waals surface area contributed by atoms with Crippen molar-refractivity contribution < 1.29 is 24.5 Å². The molecule has 3 N–H and O–H groups in total. The number of rotatable bonds is 6. The molecule has 3 rings (SSSR count). The van der Waals surface area contributed by atoms with E-state index in [1.54, 1.807) is 36.4 Å². The van der Waals surface area contributed by atoms with Crippen LogP contribution in [0.15, 0.2) is 53.3 Å². The zero-order valence-electron chi connectivity index (χ0n) is 15.3. The number of nitrogens with one attached hydrogen (secondary N) is 1. The predicted molar refractivity (Wildman–Crippen MR) is 104 cm³/mol. The van der Waals surface area contributed by atoms with E-state index in [1.807, 2.05) is 6.07 Å². The summed E-state index contributed by atoms with van der Waals surface area (Å²) in [5.74, 6) is -0.556. The van der Waals surface area contributed by atoms with Gasteiger partial charge in [-0.25, -0.2) is 4.79 Å². The van der Waals surface area contributed by atoms with E-state index in [0.29, 0.717) is 28.1 Å². The largest absolute Gasteiger partial charge is 0.504 e. The van der Waals surface area contributed by atoms with Gasteiger partial charge >= 0.3 is 5.97 Å². The Morgan fingerprint density at radius 2 is 1.83 bits per heavy atom. The molecule has 0 aliphatic heterocycles. The first-order chi connectivity index (χ1) is 13.9. The van der Waals surface area contributed by atoms with Gasteiger partial charge in [0.05, 0.1) is 7.11 Å². The number of benzene rings is 2. The summed E-state index contributed by atoms with van der Waals surface area (Å²) < 4.78 is 10.2. The summed E-state index contributed by atoms with van der Waals surface area (Å²) in [5, 5.41) is 27.9. The average Bonchev–Trinajstić information content (AvgIpc) is 2.72. The van der Waals surface area contributed by atoms with Gasteiger partial charge in [0.15, 0.2) is 18.1 Å². The van der Waals surface area contributed by atoms with E-state index in [4.69, 9.17) is 14.6 Å². The normalized spacial score (nSPS) is 10.2. The van der Waals surface area contributed by atoms with Crippen LogP contribution in [0.1, 0.15) is 5.56 Å². The van der Waals surface area contributed by atoms with Gasteiger partial charge in [0.1, 0.15) is 17.4 Å². The highest BCUT2D eigenvalue weighted by Gasteiger charge is 2.14. The van der Waals surface area contributed by atoms with Crippen LogP contribution in [0.3, 0.4) is 0 Å². The number of H-pyrrole nitrogens is 1. The minimum Gasteiger partial charge on any atom is -0.504 e. The first kappa shape index (κ1) is 19.5. The number of carboxylic acids is 1. The number of aromatic amines is 1. The predicted octanol–water partition coefficient (Wildman–Crippen LogP) is 2.76. The molecular weight excluding hydrogens is 376 g/mol. The Bertz CT molecular complexity index is 1160. The van der Waals surface area contributed by atoms with Gasteiger partial charge < -0.3 is 24.7 Å². The van der Waals surface area contributed by atoms with E-state index in [9.17, 15) is 20.0 Å². The molecule has 0 amide bonds. The van der Waals surface area contributed by atoms with Gasteiger partial charge in [0.25, 0.3) is 5.56 Å². The van der Waals surface area contributed by atoms with Crippen molar-refractivity contribution in [3.8, 4) is 45.7 Å². The van der Waals surface area contributed by atoms with E-state index in [1.165, 1.54) is 19.2 Å². The summed E-state index contributed by atoms with van der Waals surface area (Å²) >= 11 is 0. The number of hydrogen-bond acceptors (Lipinski definition) is 6. The van der Waals surface area contributed by atoms with Gasteiger partial charge in [-0.1, -0.05) is 6.07 Å². The Morgan fingerprint density at radius 3 is 2.45 bits per heavy atom. The quantitative estimate of drug-likeness (QED) is 0.587. The molecular formula is C21H16N2O6. The molecule has 3 aromatic rings. The molecule has 8 nitrogen and oxygen atoms in total. The highest BCUT2D eigenvalue weighted by atomic mass is 16.5. The lowest BCUT2D eigenvalue weighted by atomic mass is 9.98. The van der Waals surface area contributed by atoms with E-state index < -0.39 is 18.1 Å². The minimum atomic E-state index is -1.08. The number of aliphatic carboxylic acids is 1. The van der Waals surface area contributed by atoms with Crippen molar-refractivity contribution in [2.75, 3.05) is 13.7 Å². The smallest absolute Gasteiger partial charge is 0.341 e. The van der Waals surface area contributed by atoms with E-state index in [-0.39, 0.29) is 17.1 Å². The van der Waals surface area contributed by atoms with Crippen LogP contribution in [0.2, 0.25) is 0 Å². The number of pyridine rings is 1. The molecule has 0 bridgehead atoms. The van der Waals surface area contributed by atoms with Gasteiger partial charge in [0, 0.05) is 11.3 Å². The van der Waals surface area contributed by atoms with Crippen LogP contribution in [0.25, 0.3) is 22.4 Å². The van der Waals surface area contributed by atoms with Crippen molar-refractivity contribution in [1.29, 1.82) is 5.26 Å².